The van der Waals surface area contributed by atoms with Crippen LogP contribution in [0.4, 0.5) is 32.4 Å². The number of benzene rings is 1. The van der Waals surface area contributed by atoms with E-state index in [0.29, 0.717) is 25.2 Å². The van der Waals surface area contributed by atoms with E-state index >= 15 is 0 Å². The topological polar surface area (TPSA) is 32.3 Å². The molecule has 0 bridgehead atoms. The number of likely N-dealkylation sites (tertiary alicyclic amines) is 1. The molecule has 0 atom stereocenters. The van der Waals surface area contributed by atoms with Gasteiger partial charge in [-0.1, -0.05) is 0 Å². The molecule has 0 radical (unpaired) electrons. The van der Waals surface area contributed by atoms with Crippen LogP contribution in [0.25, 0.3) is 0 Å². The van der Waals surface area contributed by atoms with Gasteiger partial charge in [0.05, 0.1) is 0 Å². The summed E-state index contributed by atoms with van der Waals surface area (Å²) in [6.07, 6.45) is -3.47. The lowest BCUT2D eigenvalue weighted by molar-refractivity contribution is -0.142. The Balaban J connectivity index is 2.20. The van der Waals surface area contributed by atoms with Gasteiger partial charge in [-0.3, -0.25) is 0 Å². The van der Waals surface area contributed by atoms with Gasteiger partial charge in [-0.15, -0.1) is 0 Å². The van der Waals surface area contributed by atoms with Crippen molar-refractivity contribution in [2.45, 2.75) is 19.0 Å². The van der Waals surface area contributed by atoms with E-state index in [0.717, 1.165) is 12.8 Å². The van der Waals surface area contributed by atoms with Crippen molar-refractivity contribution in [3.8, 4) is 0 Å². The minimum atomic E-state index is -5.12. The first-order valence-corrected chi connectivity index (χ1v) is 5.91. The maximum atomic E-state index is 13.3. The summed E-state index contributed by atoms with van der Waals surface area (Å²) in [5.74, 6) is -3.51. The number of carbonyl (C=O) groups excluding carboxylic acids is 1. The minimum Gasteiger partial charge on any atom is -0.325 e. The highest BCUT2D eigenvalue weighted by molar-refractivity contribution is 5.89. The molecule has 0 spiro atoms. The van der Waals surface area contributed by atoms with Gasteiger partial charge in [-0.25, -0.2) is 13.6 Å². The third-order valence-corrected chi connectivity index (χ3v) is 2.97. The van der Waals surface area contributed by atoms with Crippen molar-refractivity contribution in [2.24, 2.45) is 0 Å². The van der Waals surface area contributed by atoms with Crippen molar-refractivity contribution < 1.29 is 26.7 Å². The highest BCUT2D eigenvalue weighted by atomic mass is 19.4. The number of hydrogen-bond donors (Lipinski definition) is 1. The fraction of sp³-hybridized carbons (Fsp3) is 0.417. The van der Waals surface area contributed by atoms with Crippen LogP contribution in [-0.4, -0.2) is 24.0 Å². The van der Waals surface area contributed by atoms with E-state index in [1.807, 2.05) is 0 Å². The number of hydrogen-bond acceptors (Lipinski definition) is 1. The molecule has 1 saturated heterocycles. The molecule has 2 amide bonds. The fourth-order valence-electron chi connectivity index (χ4n) is 2.04. The predicted octanol–water partition coefficient (Wildman–Crippen LogP) is 3.61. The molecule has 20 heavy (non-hydrogen) atoms. The number of rotatable bonds is 1. The minimum absolute atomic E-state index is 0.343. The van der Waals surface area contributed by atoms with Crippen molar-refractivity contribution in [3.05, 3.63) is 29.3 Å². The summed E-state index contributed by atoms with van der Waals surface area (Å²) in [6, 6.07) is 0.334. The molecule has 1 heterocycles. The zero-order valence-corrected chi connectivity index (χ0v) is 10.2. The van der Waals surface area contributed by atoms with Gasteiger partial charge < -0.3 is 10.2 Å². The van der Waals surface area contributed by atoms with Gasteiger partial charge in [0.15, 0.2) is 0 Å². The van der Waals surface area contributed by atoms with Crippen LogP contribution in [0.15, 0.2) is 12.1 Å². The maximum Gasteiger partial charge on any atom is 0.422 e. The molecule has 1 aromatic carbocycles. The van der Waals surface area contributed by atoms with E-state index in [1.54, 1.807) is 0 Å². The van der Waals surface area contributed by atoms with E-state index in [-0.39, 0.29) is 5.69 Å². The molecule has 1 aliphatic heterocycles. The largest absolute Gasteiger partial charge is 0.422 e. The number of urea groups is 1. The lowest BCUT2D eigenvalue weighted by Gasteiger charge is -2.17. The molecule has 3 nitrogen and oxygen atoms in total. The third kappa shape index (κ3) is 3.00. The maximum absolute atomic E-state index is 13.3. The lowest BCUT2D eigenvalue weighted by atomic mass is 10.1. The van der Waals surface area contributed by atoms with E-state index in [9.17, 15) is 26.7 Å². The van der Waals surface area contributed by atoms with Crippen molar-refractivity contribution in [1.29, 1.82) is 0 Å². The second-order valence-electron chi connectivity index (χ2n) is 4.44. The van der Waals surface area contributed by atoms with Crippen LogP contribution >= 0.6 is 0 Å². The number of alkyl halides is 3. The van der Waals surface area contributed by atoms with Crippen LogP contribution in [-0.2, 0) is 6.18 Å². The summed E-state index contributed by atoms with van der Waals surface area (Å²) in [4.78, 5) is 13.1. The highest BCUT2D eigenvalue weighted by Gasteiger charge is 2.38. The summed E-state index contributed by atoms with van der Waals surface area (Å²) in [6.45, 7) is 1.02. The summed E-state index contributed by atoms with van der Waals surface area (Å²) in [7, 11) is 0. The average Bonchev–Trinajstić information content (AvgIpc) is 2.78. The molecule has 1 aromatic rings. The van der Waals surface area contributed by atoms with Crippen LogP contribution in [0.3, 0.4) is 0 Å². The van der Waals surface area contributed by atoms with Crippen molar-refractivity contribution >= 4 is 11.7 Å². The van der Waals surface area contributed by atoms with Gasteiger partial charge in [0.25, 0.3) is 0 Å². The smallest absolute Gasteiger partial charge is 0.325 e. The van der Waals surface area contributed by atoms with Gasteiger partial charge in [0, 0.05) is 18.8 Å². The Kier molecular flexibility index (Phi) is 3.82. The Morgan fingerprint density at radius 1 is 1.10 bits per heavy atom. The molecule has 0 saturated carbocycles. The predicted molar refractivity (Wildman–Crippen MR) is 61.2 cm³/mol. The van der Waals surface area contributed by atoms with Gasteiger partial charge in [0.2, 0.25) is 0 Å². The van der Waals surface area contributed by atoms with E-state index in [4.69, 9.17) is 0 Å². The number of halogens is 5. The van der Waals surface area contributed by atoms with Crippen molar-refractivity contribution in [2.75, 3.05) is 18.4 Å². The molecule has 8 heteroatoms. The molecule has 0 aromatic heterocycles. The van der Waals surface area contributed by atoms with Gasteiger partial charge in [-0.2, -0.15) is 13.2 Å². The molecule has 0 aliphatic carbocycles. The Hall–Kier alpha value is -1.86. The summed E-state index contributed by atoms with van der Waals surface area (Å²) in [5, 5.41) is 2.18. The Labute approximate surface area is 111 Å². The Bertz CT molecular complexity index is 500. The SMILES string of the molecule is O=C(Nc1cc(F)c(C(F)(F)F)c(F)c1)N1CCCC1. The summed E-state index contributed by atoms with van der Waals surface area (Å²) < 4.78 is 63.7. The second-order valence-corrected chi connectivity index (χ2v) is 4.44. The monoisotopic (exact) mass is 294 g/mol. The zero-order chi connectivity index (χ0) is 14.9. The molecular formula is C12H11F5N2O. The van der Waals surface area contributed by atoms with Crippen LogP contribution in [0.1, 0.15) is 18.4 Å². The van der Waals surface area contributed by atoms with E-state index in [2.05, 4.69) is 5.32 Å². The first-order chi connectivity index (χ1) is 9.29. The normalized spacial score (nSPS) is 15.6. The molecular weight excluding hydrogens is 283 g/mol. The number of amides is 2. The van der Waals surface area contributed by atoms with Crippen molar-refractivity contribution in [1.82, 2.24) is 4.90 Å². The number of carbonyl (C=O) groups is 1. The van der Waals surface area contributed by atoms with E-state index in [1.165, 1.54) is 4.90 Å². The molecule has 0 unspecified atom stereocenters. The first-order valence-electron chi connectivity index (χ1n) is 5.91. The Morgan fingerprint density at radius 3 is 2.05 bits per heavy atom. The Morgan fingerprint density at radius 2 is 1.60 bits per heavy atom. The standard InChI is InChI=1S/C12H11F5N2O/c13-8-5-7(6-9(14)10(8)12(15,16)17)18-11(20)19-3-1-2-4-19/h5-6H,1-4H2,(H,18,20). The first kappa shape index (κ1) is 14.5. The van der Waals surface area contributed by atoms with E-state index < -0.39 is 29.4 Å². The van der Waals surface area contributed by atoms with Gasteiger partial charge in [0.1, 0.15) is 17.2 Å². The molecule has 110 valence electrons. The average molecular weight is 294 g/mol. The molecule has 1 aliphatic rings. The van der Waals surface area contributed by atoms with Crippen LogP contribution in [0.5, 0.6) is 0 Å². The number of nitrogens with one attached hydrogen (secondary N) is 1. The van der Waals surface area contributed by atoms with Crippen LogP contribution in [0.2, 0.25) is 0 Å². The summed E-state index contributed by atoms with van der Waals surface area (Å²) in [5.41, 5.74) is -2.30. The molecule has 2 rings (SSSR count). The van der Waals surface area contributed by atoms with Crippen LogP contribution < -0.4 is 5.32 Å². The van der Waals surface area contributed by atoms with Gasteiger partial charge >= 0.3 is 12.2 Å². The van der Waals surface area contributed by atoms with Gasteiger partial charge in [-0.05, 0) is 25.0 Å². The number of nitrogens with zero attached hydrogens (tertiary/aromatic N) is 1. The second kappa shape index (κ2) is 5.26. The van der Waals surface area contributed by atoms with Crippen molar-refractivity contribution in [3.63, 3.8) is 0 Å². The zero-order valence-electron chi connectivity index (χ0n) is 10.2. The fourth-order valence-corrected chi connectivity index (χ4v) is 2.04. The molecule has 1 N–H and O–H groups in total. The number of anilines is 1. The molecule has 1 fully saturated rings. The van der Waals surface area contributed by atoms with Crippen LogP contribution in [0, 0.1) is 11.6 Å². The summed E-state index contributed by atoms with van der Waals surface area (Å²) >= 11 is 0. The highest BCUT2D eigenvalue weighted by Crippen LogP contribution is 2.34. The lowest BCUT2D eigenvalue weighted by Crippen LogP contribution is -2.32. The third-order valence-electron chi connectivity index (χ3n) is 2.97. The quantitative estimate of drug-likeness (QED) is 0.788.